The highest BCUT2D eigenvalue weighted by Gasteiger charge is 2.30. The van der Waals surface area contributed by atoms with Gasteiger partial charge in [-0.1, -0.05) is 12.1 Å². The van der Waals surface area contributed by atoms with Gasteiger partial charge in [-0.2, -0.15) is 5.26 Å². The van der Waals surface area contributed by atoms with Crippen molar-refractivity contribution in [2.24, 2.45) is 0 Å². The Morgan fingerprint density at radius 1 is 1.17 bits per heavy atom. The molecule has 2 aliphatic rings. The van der Waals surface area contributed by atoms with E-state index in [0.717, 1.165) is 22.4 Å². The molecule has 2 aromatic carbocycles. The highest BCUT2D eigenvalue weighted by molar-refractivity contribution is 6.10. The quantitative estimate of drug-likeness (QED) is 0.868. The largest absolute Gasteiger partial charge is 0.491 e. The van der Waals surface area contributed by atoms with E-state index in [-0.39, 0.29) is 11.9 Å². The minimum atomic E-state index is -0.0513. The number of ether oxygens (including phenoxy) is 2. The van der Waals surface area contributed by atoms with Gasteiger partial charge < -0.3 is 19.7 Å². The van der Waals surface area contributed by atoms with Crippen molar-refractivity contribution in [1.82, 2.24) is 5.32 Å². The second kappa shape index (κ2) is 7.36. The van der Waals surface area contributed by atoms with Crippen molar-refractivity contribution in [3.8, 4) is 6.07 Å². The molecule has 2 heterocycles. The molecule has 29 heavy (non-hydrogen) atoms. The minimum absolute atomic E-state index is 0.0300. The van der Waals surface area contributed by atoms with Gasteiger partial charge in [-0.3, -0.25) is 4.79 Å². The number of nitriles is 1. The molecule has 1 atom stereocenters. The molecule has 0 aromatic heterocycles. The number of dihydropyridines is 1. The lowest BCUT2D eigenvalue weighted by atomic mass is 9.94. The van der Waals surface area contributed by atoms with E-state index in [1.807, 2.05) is 24.3 Å². The summed E-state index contributed by atoms with van der Waals surface area (Å²) in [5.74, 6) is 1.18. The number of benzene rings is 2. The molecule has 0 bridgehead atoms. The summed E-state index contributed by atoms with van der Waals surface area (Å²) < 4.78 is 10.8. The number of methoxy groups -OCH3 is 2. The number of amides is 1. The van der Waals surface area contributed by atoms with Crippen LogP contribution in [-0.4, -0.2) is 26.2 Å². The third-order valence-corrected chi connectivity index (χ3v) is 5.28. The first-order valence-electron chi connectivity index (χ1n) is 9.31. The molecule has 146 valence electrons. The number of rotatable bonds is 4. The van der Waals surface area contributed by atoms with Crippen LogP contribution < -0.4 is 10.2 Å². The second-order valence-corrected chi connectivity index (χ2v) is 6.99. The topological polar surface area (TPSA) is 74.6 Å². The molecule has 2 aliphatic heterocycles. The maximum absolute atomic E-state index is 12.9. The Morgan fingerprint density at radius 3 is 2.72 bits per heavy atom. The average Bonchev–Trinajstić information content (AvgIpc) is 3.09. The summed E-state index contributed by atoms with van der Waals surface area (Å²) in [6.07, 6.45) is 1.96. The van der Waals surface area contributed by atoms with Gasteiger partial charge in [-0.05, 0) is 60.0 Å². The Balaban J connectivity index is 1.68. The molecule has 0 saturated heterocycles. The molecular weight excluding hydrogens is 366 g/mol. The lowest BCUT2D eigenvalue weighted by molar-refractivity contribution is 0.0996. The predicted molar refractivity (Wildman–Crippen MR) is 110 cm³/mol. The molecule has 0 saturated carbocycles. The first-order valence-corrected chi connectivity index (χ1v) is 9.31. The fraction of sp³-hybridized carbons (Fsp3) is 0.217. The van der Waals surface area contributed by atoms with Crippen molar-refractivity contribution in [3.63, 3.8) is 0 Å². The highest BCUT2D eigenvalue weighted by atomic mass is 16.5. The fourth-order valence-corrected chi connectivity index (χ4v) is 3.77. The van der Waals surface area contributed by atoms with Gasteiger partial charge in [-0.15, -0.1) is 0 Å². The molecule has 0 radical (unpaired) electrons. The smallest absolute Gasteiger partial charge is 0.258 e. The second-order valence-electron chi connectivity index (χ2n) is 6.99. The number of carbonyl (C=O) groups is 1. The van der Waals surface area contributed by atoms with Gasteiger partial charge in [0.15, 0.2) is 5.76 Å². The van der Waals surface area contributed by atoms with Crippen LogP contribution in [0.3, 0.4) is 0 Å². The predicted octanol–water partition coefficient (Wildman–Crippen LogP) is 3.56. The van der Waals surface area contributed by atoms with Crippen LogP contribution in [0.2, 0.25) is 0 Å². The van der Waals surface area contributed by atoms with Crippen molar-refractivity contribution in [2.45, 2.75) is 19.5 Å². The first-order chi connectivity index (χ1) is 14.0. The number of anilines is 1. The van der Waals surface area contributed by atoms with Crippen molar-refractivity contribution < 1.29 is 14.3 Å². The van der Waals surface area contributed by atoms with Crippen molar-refractivity contribution in [1.29, 1.82) is 5.26 Å². The van der Waals surface area contributed by atoms with Gasteiger partial charge in [0.25, 0.3) is 5.91 Å². The minimum Gasteiger partial charge on any atom is -0.491 e. The number of hydrogen-bond donors (Lipinski definition) is 1. The number of fused-ring (bicyclic) bond motifs is 1. The van der Waals surface area contributed by atoms with Crippen molar-refractivity contribution >= 4 is 17.2 Å². The third kappa shape index (κ3) is 3.21. The summed E-state index contributed by atoms with van der Waals surface area (Å²) >= 11 is 0. The van der Waals surface area contributed by atoms with E-state index in [0.29, 0.717) is 29.3 Å². The standard InChI is InChI=1S/C23H21N3O3/c1-14-20(11-21(28-2)22(25-14)29-3)16-7-8-19-17(10-16)13-26(23(19)27)18-6-4-5-15(9-18)12-24/h4-11,14,25H,13H2,1-3H3. The Kier molecular flexibility index (Phi) is 4.73. The molecule has 4 rings (SSSR count). The molecule has 1 amide bonds. The number of carbonyl (C=O) groups excluding carboxylic acids is 1. The zero-order chi connectivity index (χ0) is 20.5. The molecular formula is C23H21N3O3. The maximum Gasteiger partial charge on any atom is 0.258 e. The lowest BCUT2D eigenvalue weighted by Gasteiger charge is -2.26. The number of hydrogen-bond acceptors (Lipinski definition) is 5. The number of nitrogens with one attached hydrogen (secondary N) is 1. The zero-order valence-corrected chi connectivity index (χ0v) is 16.5. The van der Waals surface area contributed by atoms with Crippen LogP contribution >= 0.6 is 0 Å². The molecule has 2 aromatic rings. The normalized spacial score (nSPS) is 18.0. The van der Waals surface area contributed by atoms with Crippen LogP contribution in [0.4, 0.5) is 5.69 Å². The Morgan fingerprint density at radius 2 is 2.00 bits per heavy atom. The van der Waals surface area contributed by atoms with E-state index >= 15 is 0 Å². The molecule has 1 N–H and O–H groups in total. The summed E-state index contributed by atoms with van der Waals surface area (Å²) in [5, 5.41) is 12.4. The summed E-state index contributed by atoms with van der Waals surface area (Å²) in [7, 11) is 3.21. The molecule has 6 nitrogen and oxygen atoms in total. The van der Waals surface area contributed by atoms with Gasteiger partial charge in [0, 0.05) is 11.3 Å². The van der Waals surface area contributed by atoms with Crippen molar-refractivity contribution in [3.05, 3.63) is 82.4 Å². The molecule has 0 fully saturated rings. The van der Waals surface area contributed by atoms with Crippen LogP contribution in [0.5, 0.6) is 0 Å². The summed E-state index contributed by atoms with van der Waals surface area (Å²) in [5.41, 5.74) is 4.99. The Hall–Kier alpha value is -3.72. The maximum atomic E-state index is 12.9. The van der Waals surface area contributed by atoms with Gasteiger partial charge in [-0.25, -0.2) is 0 Å². The van der Waals surface area contributed by atoms with Crippen LogP contribution in [0.1, 0.15) is 34.0 Å². The van der Waals surface area contributed by atoms with Gasteiger partial charge in [0.1, 0.15) is 0 Å². The first kappa shape index (κ1) is 18.6. The monoisotopic (exact) mass is 387 g/mol. The van der Waals surface area contributed by atoms with E-state index in [4.69, 9.17) is 14.7 Å². The number of allylic oxidation sites excluding steroid dienone is 1. The van der Waals surface area contributed by atoms with Crippen LogP contribution in [0.25, 0.3) is 5.57 Å². The SMILES string of the molecule is COC1=C(OC)NC(C)C(c2ccc3c(c2)CN(c2cccc(C#N)c2)C3=O)=C1. The lowest BCUT2D eigenvalue weighted by Crippen LogP contribution is -2.32. The summed E-state index contributed by atoms with van der Waals surface area (Å²) in [4.78, 5) is 14.6. The number of nitrogens with zero attached hydrogens (tertiary/aromatic N) is 2. The average molecular weight is 387 g/mol. The van der Waals surface area contributed by atoms with E-state index < -0.39 is 0 Å². The van der Waals surface area contributed by atoms with Gasteiger partial charge in [0.05, 0.1) is 38.4 Å². The Labute approximate surface area is 169 Å². The van der Waals surface area contributed by atoms with E-state index in [9.17, 15) is 4.79 Å². The summed E-state index contributed by atoms with van der Waals surface area (Å²) in [6.45, 7) is 2.53. The van der Waals surface area contributed by atoms with E-state index in [1.54, 1.807) is 37.3 Å². The molecule has 0 aliphatic carbocycles. The molecule has 0 spiro atoms. The van der Waals surface area contributed by atoms with Crippen LogP contribution in [0.15, 0.2) is 60.2 Å². The highest BCUT2D eigenvalue weighted by Crippen LogP contribution is 2.33. The van der Waals surface area contributed by atoms with Gasteiger partial charge in [0.2, 0.25) is 5.88 Å². The van der Waals surface area contributed by atoms with E-state index in [1.165, 1.54) is 0 Å². The molecule has 6 heteroatoms. The summed E-state index contributed by atoms with van der Waals surface area (Å²) in [6, 6.07) is 15.1. The van der Waals surface area contributed by atoms with Gasteiger partial charge >= 0.3 is 0 Å². The molecule has 1 unspecified atom stereocenters. The van der Waals surface area contributed by atoms with E-state index in [2.05, 4.69) is 24.4 Å². The fourth-order valence-electron chi connectivity index (χ4n) is 3.77. The van der Waals surface area contributed by atoms with Crippen LogP contribution in [-0.2, 0) is 16.0 Å². The zero-order valence-electron chi connectivity index (χ0n) is 16.5. The van der Waals surface area contributed by atoms with Crippen LogP contribution in [0, 0.1) is 11.3 Å². The van der Waals surface area contributed by atoms with Crippen molar-refractivity contribution in [2.75, 3.05) is 19.1 Å². The Bertz CT molecular complexity index is 1090. The third-order valence-electron chi connectivity index (χ3n) is 5.28.